The van der Waals surface area contributed by atoms with E-state index in [0.717, 1.165) is 22.4 Å². The smallest absolute Gasteiger partial charge is 0.115 e. The number of thiol groups is 1. The molecule has 0 saturated carbocycles. The molecule has 0 radical (unpaired) electrons. The van der Waals surface area contributed by atoms with Gasteiger partial charge in [-0.1, -0.05) is 72.0 Å². The summed E-state index contributed by atoms with van der Waals surface area (Å²) in [5, 5.41) is 9.41. The fourth-order valence-electron chi connectivity index (χ4n) is 3.20. The molecule has 0 spiro atoms. The summed E-state index contributed by atoms with van der Waals surface area (Å²) in [6, 6.07) is 17.1. The third-order valence-corrected chi connectivity index (χ3v) is 8.14. The molecule has 3 N–H and O–H groups in total. The van der Waals surface area contributed by atoms with Crippen molar-refractivity contribution in [3.63, 3.8) is 0 Å². The lowest BCUT2D eigenvalue weighted by Crippen LogP contribution is -2.24. The van der Waals surface area contributed by atoms with E-state index >= 15 is 0 Å². The Hall–Kier alpha value is -2.33. The van der Waals surface area contributed by atoms with Gasteiger partial charge in [0.1, 0.15) is 5.75 Å². The fraction of sp³-hybridized carbons (Fsp3) is 0.304. The molecule has 4 heteroatoms. The van der Waals surface area contributed by atoms with Gasteiger partial charge in [-0.15, -0.1) is 0 Å². The van der Waals surface area contributed by atoms with Crippen LogP contribution in [0, 0.1) is 0 Å². The minimum Gasteiger partial charge on any atom is -0.508 e. The Kier molecular flexibility index (Phi) is 7.03. The van der Waals surface area contributed by atoms with E-state index in [1.54, 1.807) is 18.2 Å². The first kappa shape index (κ1) is 21.0. The molecule has 146 valence electrons. The Morgan fingerprint density at radius 1 is 1.11 bits per heavy atom. The second-order valence-electron chi connectivity index (χ2n) is 7.37. The van der Waals surface area contributed by atoms with Gasteiger partial charge in [0.15, 0.2) is 0 Å². The van der Waals surface area contributed by atoms with Crippen LogP contribution in [0.4, 0.5) is 0 Å². The molecule has 0 amide bonds. The standard InChI is InChI=1S/C23H31NO2S/c1-5-19(16-27(4,26)18(3)21-9-7-6-8-10-21)23(24)15-17(2)20-11-13-22(25)14-12-20/h5-14,17-18,25,27H,1,15-16,24H2,2-4H3/b23-19-. The third kappa shape index (κ3) is 5.57. The zero-order chi connectivity index (χ0) is 20.0. The van der Waals surface area contributed by atoms with Crippen LogP contribution in [-0.4, -0.2) is 21.3 Å². The minimum absolute atomic E-state index is 0.0315. The first-order chi connectivity index (χ1) is 12.7. The molecule has 0 bridgehead atoms. The number of hydrogen-bond donors (Lipinski definition) is 3. The van der Waals surface area contributed by atoms with Crippen molar-refractivity contribution in [2.24, 2.45) is 5.73 Å². The van der Waals surface area contributed by atoms with Gasteiger partial charge in [0.05, 0.1) is 0 Å². The average molecular weight is 386 g/mol. The number of rotatable bonds is 8. The quantitative estimate of drug-likeness (QED) is 0.456. The second kappa shape index (κ2) is 9.05. The summed E-state index contributed by atoms with van der Waals surface area (Å²) in [6.45, 7) is 8.01. The molecular weight excluding hydrogens is 354 g/mol. The summed E-state index contributed by atoms with van der Waals surface area (Å²) >= 11 is 0. The monoisotopic (exact) mass is 385 g/mol. The molecule has 0 fully saturated rings. The van der Waals surface area contributed by atoms with Gasteiger partial charge in [0.25, 0.3) is 0 Å². The summed E-state index contributed by atoms with van der Waals surface area (Å²) < 4.78 is 13.4. The van der Waals surface area contributed by atoms with Crippen molar-refractivity contribution in [3.8, 4) is 5.75 Å². The van der Waals surface area contributed by atoms with Crippen molar-refractivity contribution in [1.82, 2.24) is 0 Å². The molecule has 0 saturated heterocycles. The largest absolute Gasteiger partial charge is 0.508 e. The van der Waals surface area contributed by atoms with Crippen LogP contribution in [0.5, 0.6) is 5.75 Å². The summed E-state index contributed by atoms with van der Waals surface area (Å²) in [4.78, 5) is 0. The van der Waals surface area contributed by atoms with Gasteiger partial charge < -0.3 is 10.8 Å². The molecule has 0 heterocycles. The van der Waals surface area contributed by atoms with Gasteiger partial charge in [-0.2, -0.15) is 0 Å². The highest BCUT2D eigenvalue weighted by Gasteiger charge is 2.22. The summed E-state index contributed by atoms with van der Waals surface area (Å²) in [5.41, 5.74) is 10.2. The molecule has 2 unspecified atom stereocenters. The van der Waals surface area contributed by atoms with Crippen molar-refractivity contribution in [2.45, 2.75) is 31.4 Å². The highest BCUT2D eigenvalue weighted by atomic mass is 32.2. The summed E-state index contributed by atoms with van der Waals surface area (Å²) in [7, 11) is -2.50. The van der Waals surface area contributed by atoms with Gasteiger partial charge in [0, 0.05) is 16.7 Å². The topological polar surface area (TPSA) is 63.3 Å². The van der Waals surface area contributed by atoms with E-state index in [0.29, 0.717) is 12.2 Å². The van der Waals surface area contributed by atoms with E-state index < -0.39 is 9.93 Å². The number of hydrogen-bond acceptors (Lipinski definition) is 3. The SMILES string of the molecule is C=C/C(C[SH](C)(=O)C(C)c1ccccc1)=C(/N)CC(C)c1ccc(O)cc1. The molecule has 0 aliphatic heterocycles. The molecule has 2 atom stereocenters. The maximum Gasteiger partial charge on any atom is 0.115 e. The number of allylic oxidation sites excluding steroid dienone is 2. The average Bonchev–Trinajstić information content (AvgIpc) is 2.66. The van der Waals surface area contributed by atoms with Crippen molar-refractivity contribution < 1.29 is 9.32 Å². The van der Waals surface area contributed by atoms with Crippen LogP contribution in [0.15, 0.2) is 78.5 Å². The fourth-order valence-corrected chi connectivity index (χ4v) is 5.29. The zero-order valence-electron chi connectivity index (χ0n) is 16.4. The molecule has 2 aromatic carbocycles. The lowest BCUT2D eigenvalue weighted by molar-refractivity contribution is 0.475. The van der Waals surface area contributed by atoms with Gasteiger partial charge in [-0.3, -0.25) is 4.21 Å². The molecular formula is C23H31NO2S. The van der Waals surface area contributed by atoms with Crippen LogP contribution in [0.1, 0.15) is 42.6 Å². The van der Waals surface area contributed by atoms with E-state index in [-0.39, 0.29) is 16.9 Å². The molecule has 3 nitrogen and oxygen atoms in total. The molecule has 0 aliphatic carbocycles. The lowest BCUT2D eigenvalue weighted by atomic mass is 9.95. The zero-order valence-corrected chi connectivity index (χ0v) is 17.3. The van der Waals surface area contributed by atoms with Gasteiger partial charge in [0.2, 0.25) is 0 Å². The number of benzene rings is 2. The summed E-state index contributed by atoms with van der Waals surface area (Å²) in [6.07, 6.45) is 4.25. The lowest BCUT2D eigenvalue weighted by Gasteiger charge is -2.28. The van der Waals surface area contributed by atoms with E-state index in [2.05, 4.69) is 13.5 Å². The van der Waals surface area contributed by atoms with Crippen molar-refractivity contribution in [3.05, 3.63) is 89.6 Å². The molecule has 0 aliphatic rings. The van der Waals surface area contributed by atoms with Gasteiger partial charge in [-0.25, -0.2) is 0 Å². The minimum atomic E-state index is -2.50. The number of phenols is 1. The maximum atomic E-state index is 13.4. The highest BCUT2D eigenvalue weighted by molar-refractivity contribution is 8.02. The van der Waals surface area contributed by atoms with Crippen LogP contribution in [-0.2, 0) is 9.93 Å². The Morgan fingerprint density at radius 3 is 2.26 bits per heavy atom. The summed E-state index contributed by atoms with van der Waals surface area (Å²) in [5.74, 6) is 0.896. The van der Waals surface area contributed by atoms with E-state index in [1.165, 1.54) is 0 Å². The normalized spacial score (nSPS) is 15.5. The van der Waals surface area contributed by atoms with E-state index in [9.17, 15) is 9.32 Å². The predicted molar refractivity (Wildman–Crippen MR) is 118 cm³/mol. The molecule has 27 heavy (non-hydrogen) atoms. The van der Waals surface area contributed by atoms with Gasteiger partial charge in [-0.05, 0) is 54.4 Å². The highest BCUT2D eigenvalue weighted by Crippen LogP contribution is 2.30. The first-order valence-electron chi connectivity index (χ1n) is 9.24. The number of nitrogens with two attached hydrogens (primary N) is 1. The number of phenolic OH excluding ortho intramolecular Hbond substituents is 1. The van der Waals surface area contributed by atoms with Crippen molar-refractivity contribution >= 4 is 9.93 Å². The van der Waals surface area contributed by atoms with Crippen LogP contribution in [0.3, 0.4) is 0 Å². The second-order valence-corrected chi connectivity index (χ2v) is 10.8. The van der Waals surface area contributed by atoms with Crippen LogP contribution in [0.25, 0.3) is 0 Å². The van der Waals surface area contributed by atoms with Gasteiger partial charge >= 0.3 is 0 Å². The van der Waals surface area contributed by atoms with Crippen LogP contribution in [0.2, 0.25) is 0 Å². The van der Waals surface area contributed by atoms with E-state index in [1.807, 2.05) is 55.6 Å². The Morgan fingerprint density at radius 2 is 1.70 bits per heavy atom. The van der Waals surface area contributed by atoms with Crippen LogP contribution < -0.4 is 5.73 Å². The predicted octanol–water partition coefficient (Wildman–Crippen LogP) is 4.69. The van der Waals surface area contributed by atoms with Crippen molar-refractivity contribution in [2.75, 3.05) is 12.0 Å². The number of aromatic hydroxyl groups is 1. The Bertz CT molecular complexity index is 840. The molecule has 2 rings (SSSR count). The Balaban J connectivity index is 2.16. The molecule has 0 aromatic heterocycles. The maximum absolute atomic E-state index is 13.4. The van der Waals surface area contributed by atoms with Crippen LogP contribution >= 0.6 is 0 Å². The van der Waals surface area contributed by atoms with Crippen molar-refractivity contribution in [1.29, 1.82) is 0 Å². The third-order valence-electron chi connectivity index (χ3n) is 5.23. The molecule has 2 aromatic rings. The first-order valence-corrected chi connectivity index (χ1v) is 11.7. The Labute approximate surface area is 164 Å². The van der Waals surface area contributed by atoms with E-state index in [4.69, 9.17) is 5.73 Å².